The number of aromatic hydroxyl groups is 3. The number of carbonyl (C=O) groups is 1. The lowest BCUT2D eigenvalue weighted by atomic mass is 9.81. The van der Waals surface area contributed by atoms with Gasteiger partial charge >= 0.3 is 5.97 Å². The van der Waals surface area contributed by atoms with Gasteiger partial charge in [-0.3, -0.25) is 4.79 Å². The Morgan fingerprint density at radius 1 is 1.00 bits per heavy atom. The number of esters is 1. The topological polar surface area (TPSA) is 116 Å². The van der Waals surface area contributed by atoms with E-state index in [2.05, 4.69) is 0 Å². The van der Waals surface area contributed by atoms with E-state index < -0.39 is 24.1 Å². The van der Waals surface area contributed by atoms with Crippen LogP contribution in [-0.2, 0) is 4.79 Å². The Balaban J connectivity index is 1.83. The summed E-state index contributed by atoms with van der Waals surface area (Å²) in [7, 11) is 0. The van der Waals surface area contributed by atoms with Crippen LogP contribution in [0.3, 0.4) is 0 Å². The van der Waals surface area contributed by atoms with Crippen LogP contribution in [0.25, 0.3) is 0 Å². The van der Waals surface area contributed by atoms with Crippen LogP contribution in [-0.4, -0.2) is 32.5 Å². The zero-order valence-corrected chi connectivity index (χ0v) is 12.3. The van der Waals surface area contributed by atoms with Gasteiger partial charge in [0, 0.05) is 23.6 Å². The van der Waals surface area contributed by atoms with Crippen molar-refractivity contribution in [2.24, 2.45) is 0 Å². The Bertz CT molecular complexity index is 845. The van der Waals surface area contributed by atoms with E-state index in [0.717, 1.165) is 0 Å². The van der Waals surface area contributed by atoms with E-state index in [9.17, 15) is 25.2 Å². The van der Waals surface area contributed by atoms with Gasteiger partial charge in [-0.15, -0.1) is 0 Å². The number of benzene rings is 2. The molecule has 0 amide bonds. The van der Waals surface area contributed by atoms with Crippen molar-refractivity contribution in [3.05, 3.63) is 41.5 Å². The lowest BCUT2D eigenvalue weighted by Gasteiger charge is -2.39. The predicted molar refractivity (Wildman–Crippen MR) is 80.2 cm³/mol. The van der Waals surface area contributed by atoms with Crippen LogP contribution < -0.4 is 9.47 Å². The number of rotatable bonds is 1. The Morgan fingerprint density at radius 2 is 1.75 bits per heavy atom. The largest absolute Gasteiger partial charge is 0.508 e. The van der Waals surface area contributed by atoms with Gasteiger partial charge in [-0.05, 0) is 17.7 Å². The molecule has 7 nitrogen and oxygen atoms in total. The lowest BCUT2D eigenvalue weighted by Crippen LogP contribution is -2.38. The SMILES string of the molecule is O=C1C[C@H]2c3c(cc(O)cc3O[C@H](c3ccc(O)c(O)c3)[C@@H]2O)O1. The second kappa shape index (κ2) is 5.04. The van der Waals surface area contributed by atoms with Crippen molar-refractivity contribution in [1.82, 2.24) is 0 Å². The minimum absolute atomic E-state index is 0.0180. The van der Waals surface area contributed by atoms with Crippen molar-refractivity contribution >= 4 is 5.97 Å². The molecule has 0 fully saturated rings. The second-order valence-corrected chi connectivity index (χ2v) is 5.92. The van der Waals surface area contributed by atoms with Crippen LogP contribution >= 0.6 is 0 Å². The number of phenols is 3. The summed E-state index contributed by atoms with van der Waals surface area (Å²) in [5.74, 6) is -1.31. The summed E-state index contributed by atoms with van der Waals surface area (Å²) in [6.07, 6.45) is -1.94. The van der Waals surface area contributed by atoms with Crippen molar-refractivity contribution in [2.45, 2.75) is 24.5 Å². The minimum atomic E-state index is -1.06. The second-order valence-electron chi connectivity index (χ2n) is 5.92. The molecule has 0 aliphatic carbocycles. The van der Waals surface area contributed by atoms with Gasteiger partial charge in [-0.25, -0.2) is 0 Å². The average Bonchev–Trinajstić information content (AvgIpc) is 2.52. The third kappa shape index (κ3) is 2.13. The molecule has 4 rings (SSSR count). The first kappa shape index (κ1) is 14.6. The van der Waals surface area contributed by atoms with E-state index in [4.69, 9.17) is 9.47 Å². The molecule has 124 valence electrons. The molecule has 2 aliphatic rings. The number of aliphatic hydroxyl groups is 1. The molecule has 7 heteroatoms. The van der Waals surface area contributed by atoms with Crippen LogP contribution in [0.15, 0.2) is 30.3 Å². The predicted octanol–water partition coefficient (Wildman–Crippen LogP) is 1.69. The van der Waals surface area contributed by atoms with Crippen LogP contribution in [0.1, 0.15) is 29.6 Å². The monoisotopic (exact) mass is 330 g/mol. The fraction of sp³-hybridized carbons (Fsp3) is 0.235. The van der Waals surface area contributed by atoms with Gasteiger partial charge in [0.15, 0.2) is 17.6 Å². The summed E-state index contributed by atoms with van der Waals surface area (Å²) in [6.45, 7) is 0. The number of phenolic OH excluding ortho intramolecular Hbond substituents is 3. The first-order valence-electron chi connectivity index (χ1n) is 7.38. The van der Waals surface area contributed by atoms with Gasteiger partial charge in [0.2, 0.25) is 0 Å². The summed E-state index contributed by atoms with van der Waals surface area (Å²) in [5.41, 5.74) is 0.978. The highest BCUT2D eigenvalue weighted by Crippen LogP contribution is 2.51. The van der Waals surface area contributed by atoms with Crippen LogP contribution in [0.4, 0.5) is 0 Å². The van der Waals surface area contributed by atoms with E-state index in [1.165, 1.54) is 30.3 Å². The molecule has 0 saturated carbocycles. The van der Waals surface area contributed by atoms with Crippen LogP contribution in [0.5, 0.6) is 28.7 Å². The normalized spacial score (nSPS) is 24.7. The van der Waals surface area contributed by atoms with E-state index in [-0.39, 0.29) is 29.4 Å². The molecule has 0 saturated heterocycles. The first-order valence-corrected chi connectivity index (χ1v) is 7.38. The zero-order valence-electron chi connectivity index (χ0n) is 12.3. The molecule has 0 spiro atoms. The number of ether oxygens (including phenoxy) is 2. The summed E-state index contributed by atoms with van der Waals surface area (Å²) < 4.78 is 10.9. The first-order chi connectivity index (χ1) is 11.4. The van der Waals surface area contributed by atoms with Crippen molar-refractivity contribution in [3.8, 4) is 28.7 Å². The molecule has 0 bridgehead atoms. The highest BCUT2D eigenvalue weighted by molar-refractivity contribution is 5.78. The molecule has 2 aromatic carbocycles. The Labute approximate surface area is 136 Å². The number of hydrogen-bond donors (Lipinski definition) is 4. The number of carbonyl (C=O) groups excluding carboxylic acids is 1. The number of aliphatic hydroxyl groups excluding tert-OH is 1. The summed E-state index contributed by atoms with van der Waals surface area (Å²) >= 11 is 0. The van der Waals surface area contributed by atoms with Crippen molar-refractivity contribution in [1.29, 1.82) is 0 Å². The Morgan fingerprint density at radius 3 is 2.50 bits per heavy atom. The van der Waals surface area contributed by atoms with Crippen molar-refractivity contribution < 1.29 is 34.7 Å². The zero-order chi connectivity index (χ0) is 17.0. The molecule has 3 atom stereocenters. The maximum absolute atomic E-state index is 11.8. The smallest absolute Gasteiger partial charge is 0.311 e. The summed E-state index contributed by atoms with van der Waals surface area (Å²) in [5, 5.41) is 39.6. The maximum atomic E-state index is 11.8. The van der Waals surface area contributed by atoms with Gasteiger partial charge in [0.1, 0.15) is 23.4 Å². The minimum Gasteiger partial charge on any atom is -0.508 e. The molecule has 0 radical (unpaired) electrons. The van der Waals surface area contributed by atoms with E-state index in [0.29, 0.717) is 16.9 Å². The standard InChI is InChI=1S/C17H14O7/c18-8-4-12-15-9(6-14(21)23-12)16(22)17(24-13(15)5-8)7-1-2-10(19)11(20)3-7/h1-5,9,16-20,22H,6H2/t9-,16+,17+/m0/s1. The van der Waals surface area contributed by atoms with Gasteiger partial charge in [0.25, 0.3) is 0 Å². The third-order valence-electron chi connectivity index (χ3n) is 4.37. The molecule has 0 unspecified atom stereocenters. The van der Waals surface area contributed by atoms with Crippen LogP contribution in [0, 0.1) is 0 Å². The quantitative estimate of drug-likeness (QED) is 0.357. The van der Waals surface area contributed by atoms with Gasteiger partial charge in [-0.1, -0.05) is 6.07 Å². The molecular formula is C17H14O7. The average molecular weight is 330 g/mol. The molecule has 4 N–H and O–H groups in total. The highest BCUT2D eigenvalue weighted by Gasteiger charge is 2.44. The Kier molecular flexibility index (Phi) is 3.07. The summed E-state index contributed by atoms with van der Waals surface area (Å²) in [6, 6.07) is 6.80. The van der Waals surface area contributed by atoms with E-state index in [1.807, 2.05) is 0 Å². The van der Waals surface area contributed by atoms with Crippen LogP contribution in [0.2, 0.25) is 0 Å². The summed E-state index contributed by atoms with van der Waals surface area (Å²) in [4.78, 5) is 11.8. The van der Waals surface area contributed by atoms with Crippen molar-refractivity contribution in [2.75, 3.05) is 0 Å². The third-order valence-corrected chi connectivity index (χ3v) is 4.37. The molecule has 24 heavy (non-hydrogen) atoms. The van der Waals surface area contributed by atoms with Gasteiger partial charge in [-0.2, -0.15) is 0 Å². The fourth-order valence-electron chi connectivity index (χ4n) is 3.27. The van der Waals surface area contributed by atoms with Gasteiger partial charge < -0.3 is 29.9 Å². The highest BCUT2D eigenvalue weighted by atomic mass is 16.5. The molecule has 2 aliphatic heterocycles. The van der Waals surface area contributed by atoms with Crippen molar-refractivity contribution in [3.63, 3.8) is 0 Å². The van der Waals surface area contributed by atoms with Gasteiger partial charge in [0.05, 0.1) is 6.42 Å². The fourth-order valence-corrected chi connectivity index (χ4v) is 3.27. The molecule has 0 aromatic heterocycles. The van der Waals surface area contributed by atoms with E-state index >= 15 is 0 Å². The number of hydrogen-bond acceptors (Lipinski definition) is 7. The Hall–Kier alpha value is -2.93. The van der Waals surface area contributed by atoms with E-state index in [1.54, 1.807) is 0 Å². The maximum Gasteiger partial charge on any atom is 0.311 e. The molecule has 2 heterocycles. The molecular weight excluding hydrogens is 316 g/mol. The lowest BCUT2D eigenvalue weighted by molar-refractivity contribution is -0.138. The molecule has 2 aromatic rings.